The number of pyridine rings is 1. The zero-order valence-corrected chi connectivity index (χ0v) is 13.3. The maximum atomic E-state index is 5.08. The van der Waals surface area contributed by atoms with Gasteiger partial charge in [0.1, 0.15) is 5.82 Å². The van der Waals surface area contributed by atoms with Crippen LogP contribution in [-0.2, 0) is 0 Å². The van der Waals surface area contributed by atoms with Crippen LogP contribution in [0.3, 0.4) is 0 Å². The van der Waals surface area contributed by atoms with Crippen LogP contribution in [0.5, 0.6) is 5.88 Å². The van der Waals surface area contributed by atoms with Crippen molar-refractivity contribution >= 4 is 5.82 Å². The van der Waals surface area contributed by atoms with E-state index in [0.29, 0.717) is 17.6 Å². The molecule has 0 spiro atoms. The van der Waals surface area contributed by atoms with Crippen molar-refractivity contribution in [2.75, 3.05) is 19.0 Å². The maximum Gasteiger partial charge on any atom is 0.212 e. The molecule has 2 rings (SSSR count). The third kappa shape index (κ3) is 3.29. The van der Waals surface area contributed by atoms with Gasteiger partial charge in [-0.3, -0.25) is 0 Å². The Morgan fingerprint density at radius 1 is 1.24 bits per heavy atom. The third-order valence-corrected chi connectivity index (χ3v) is 3.26. The van der Waals surface area contributed by atoms with E-state index in [1.807, 2.05) is 19.1 Å². The molecule has 2 aromatic rings. The standard InChI is InChI=1S/C16H22N4O/c1-6-17-16-14(10(2)3)11(4)19-15(20-16)12-7-8-13(21-5)18-9-12/h7-10H,6H2,1-5H3,(H,17,19,20). The highest BCUT2D eigenvalue weighted by Gasteiger charge is 2.15. The lowest BCUT2D eigenvalue weighted by Gasteiger charge is -2.16. The molecular formula is C16H22N4O. The normalized spacial score (nSPS) is 10.8. The molecule has 21 heavy (non-hydrogen) atoms. The number of nitrogens with zero attached hydrogens (tertiary/aromatic N) is 3. The molecule has 0 aliphatic rings. The van der Waals surface area contributed by atoms with Crippen molar-refractivity contribution in [3.8, 4) is 17.3 Å². The molecule has 0 aromatic carbocycles. The van der Waals surface area contributed by atoms with Crippen molar-refractivity contribution in [3.05, 3.63) is 29.6 Å². The van der Waals surface area contributed by atoms with Gasteiger partial charge in [-0.2, -0.15) is 0 Å². The quantitative estimate of drug-likeness (QED) is 0.912. The second kappa shape index (κ2) is 6.52. The largest absolute Gasteiger partial charge is 0.481 e. The van der Waals surface area contributed by atoms with E-state index in [2.05, 4.69) is 41.0 Å². The zero-order valence-electron chi connectivity index (χ0n) is 13.3. The summed E-state index contributed by atoms with van der Waals surface area (Å²) in [5, 5.41) is 3.33. The number of anilines is 1. The summed E-state index contributed by atoms with van der Waals surface area (Å²) in [6.45, 7) is 9.23. The lowest BCUT2D eigenvalue weighted by Crippen LogP contribution is -2.09. The summed E-state index contributed by atoms with van der Waals surface area (Å²) < 4.78 is 5.08. The second-order valence-electron chi connectivity index (χ2n) is 5.17. The Morgan fingerprint density at radius 2 is 2.00 bits per heavy atom. The topological polar surface area (TPSA) is 59.9 Å². The highest BCUT2D eigenvalue weighted by atomic mass is 16.5. The van der Waals surface area contributed by atoms with Crippen LogP contribution in [0.4, 0.5) is 5.82 Å². The number of aryl methyl sites for hydroxylation is 1. The Hall–Kier alpha value is -2.17. The average Bonchev–Trinajstić information content (AvgIpc) is 2.46. The summed E-state index contributed by atoms with van der Waals surface area (Å²) in [6.07, 6.45) is 1.73. The molecule has 5 nitrogen and oxygen atoms in total. The van der Waals surface area contributed by atoms with Gasteiger partial charge in [-0.15, -0.1) is 0 Å². The molecule has 2 heterocycles. The van der Waals surface area contributed by atoms with E-state index < -0.39 is 0 Å². The molecule has 0 aliphatic heterocycles. The number of nitrogens with one attached hydrogen (secondary N) is 1. The fourth-order valence-corrected chi connectivity index (χ4v) is 2.34. The first-order valence-electron chi connectivity index (χ1n) is 7.19. The monoisotopic (exact) mass is 286 g/mol. The molecule has 0 unspecified atom stereocenters. The number of aromatic nitrogens is 3. The van der Waals surface area contributed by atoms with Crippen LogP contribution in [0.15, 0.2) is 18.3 Å². The number of hydrogen-bond acceptors (Lipinski definition) is 5. The van der Waals surface area contributed by atoms with Gasteiger partial charge in [-0.25, -0.2) is 15.0 Å². The van der Waals surface area contributed by atoms with Crippen molar-refractivity contribution < 1.29 is 4.74 Å². The van der Waals surface area contributed by atoms with E-state index >= 15 is 0 Å². The number of ether oxygens (including phenoxy) is 1. The van der Waals surface area contributed by atoms with E-state index in [4.69, 9.17) is 4.74 Å². The molecule has 0 atom stereocenters. The first-order valence-corrected chi connectivity index (χ1v) is 7.19. The fourth-order valence-electron chi connectivity index (χ4n) is 2.34. The SMILES string of the molecule is CCNc1nc(-c2ccc(OC)nc2)nc(C)c1C(C)C. The second-order valence-corrected chi connectivity index (χ2v) is 5.17. The minimum atomic E-state index is 0.377. The van der Waals surface area contributed by atoms with Gasteiger partial charge >= 0.3 is 0 Å². The van der Waals surface area contributed by atoms with E-state index in [-0.39, 0.29) is 0 Å². The van der Waals surface area contributed by atoms with Crippen molar-refractivity contribution in [1.29, 1.82) is 0 Å². The molecule has 112 valence electrons. The summed E-state index contributed by atoms with van der Waals surface area (Å²) in [7, 11) is 1.60. The summed E-state index contributed by atoms with van der Waals surface area (Å²) in [5.74, 6) is 2.55. The first kappa shape index (κ1) is 15.2. The predicted octanol–water partition coefficient (Wildman–Crippen LogP) is 3.41. The van der Waals surface area contributed by atoms with E-state index in [1.54, 1.807) is 13.3 Å². The summed E-state index contributed by atoms with van der Waals surface area (Å²) in [4.78, 5) is 13.5. The maximum absolute atomic E-state index is 5.08. The molecular weight excluding hydrogens is 264 g/mol. The smallest absolute Gasteiger partial charge is 0.212 e. The third-order valence-electron chi connectivity index (χ3n) is 3.26. The fraction of sp³-hybridized carbons (Fsp3) is 0.438. The minimum Gasteiger partial charge on any atom is -0.481 e. The van der Waals surface area contributed by atoms with E-state index in [1.165, 1.54) is 5.56 Å². The highest BCUT2D eigenvalue weighted by Crippen LogP contribution is 2.28. The molecule has 0 fully saturated rings. The van der Waals surface area contributed by atoms with Crippen LogP contribution in [0, 0.1) is 6.92 Å². The van der Waals surface area contributed by atoms with Crippen molar-refractivity contribution in [2.45, 2.75) is 33.6 Å². The van der Waals surface area contributed by atoms with Gasteiger partial charge in [0.2, 0.25) is 5.88 Å². The summed E-state index contributed by atoms with van der Waals surface area (Å²) in [6, 6.07) is 3.74. The highest BCUT2D eigenvalue weighted by molar-refractivity contribution is 5.60. The predicted molar refractivity (Wildman–Crippen MR) is 84.8 cm³/mol. The molecule has 0 saturated carbocycles. The van der Waals surface area contributed by atoms with Crippen molar-refractivity contribution in [3.63, 3.8) is 0 Å². The van der Waals surface area contributed by atoms with Crippen LogP contribution in [-0.4, -0.2) is 28.6 Å². The van der Waals surface area contributed by atoms with Gasteiger partial charge in [-0.05, 0) is 25.8 Å². The van der Waals surface area contributed by atoms with E-state index in [9.17, 15) is 0 Å². The zero-order chi connectivity index (χ0) is 15.4. The molecule has 0 radical (unpaired) electrons. The summed E-state index contributed by atoms with van der Waals surface area (Å²) in [5.41, 5.74) is 3.05. The van der Waals surface area contributed by atoms with Gasteiger partial charge < -0.3 is 10.1 Å². The molecule has 2 aromatic heterocycles. The van der Waals surface area contributed by atoms with Gasteiger partial charge in [0.15, 0.2) is 5.82 Å². The van der Waals surface area contributed by atoms with Crippen LogP contribution in [0.2, 0.25) is 0 Å². The Bertz CT molecular complexity index is 608. The first-order chi connectivity index (χ1) is 10.1. The van der Waals surface area contributed by atoms with Crippen LogP contribution in [0.1, 0.15) is 37.9 Å². The number of methoxy groups -OCH3 is 1. The Labute approximate surface area is 125 Å². The lowest BCUT2D eigenvalue weighted by atomic mass is 10.0. The van der Waals surface area contributed by atoms with Crippen LogP contribution in [0.25, 0.3) is 11.4 Å². The van der Waals surface area contributed by atoms with Gasteiger partial charge in [0.25, 0.3) is 0 Å². The van der Waals surface area contributed by atoms with Crippen LogP contribution >= 0.6 is 0 Å². The lowest BCUT2D eigenvalue weighted by molar-refractivity contribution is 0.398. The van der Waals surface area contributed by atoms with Gasteiger partial charge in [-0.1, -0.05) is 13.8 Å². The van der Waals surface area contributed by atoms with Gasteiger partial charge in [0.05, 0.1) is 7.11 Å². The van der Waals surface area contributed by atoms with Gasteiger partial charge in [0, 0.05) is 35.6 Å². The number of rotatable bonds is 5. The summed E-state index contributed by atoms with van der Waals surface area (Å²) >= 11 is 0. The van der Waals surface area contributed by atoms with E-state index in [0.717, 1.165) is 23.6 Å². The molecule has 5 heteroatoms. The number of hydrogen-bond donors (Lipinski definition) is 1. The minimum absolute atomic E-state index is 0.377. The Morgan fingerprint density at radius 3 is 2.52 bits per heavy atom. The molecule has 0 saturated heterocycles. The van der Waals surface area contributed by atoms with Crippen LogP contribution < -0.4 is 10.1 Å². The molecule has 1 N–H and O–H groups in total. The molecule has 0 aliphatic carbocycles. The Balaban J connectivity index is 2.49. The molecule has 0 bridgehead atoms. The molecule has 0 amide bonds. The van der Waals surface area contributed by atoms with Crippen molar-refractivity contribution in [2.24, 2.45) is 0 Å². The van der Waals surface area contributed by atoms with Crippen molar-refractivity contribution in [1.82, 2.24) is 15.0 Å². The Kier molecular flexibility index (Phi) is 4.73. The average molecular weight is 286 g/mol.